The summed E-state index contributed by atoms with van der Waals surface area (Å²) in [7, 11) is 0. The molecule has 0 aromatic carbocycles. The summed E-state index contributed by atoms with van der Waals surface area (Å²) in [5, 5.41) is 10.5. The summed E-state index contributed by atoms with van der Waals surface area (Å²) in [6.07, 6.45) is 10.7. The van der Waals surface area contributed by atoms with Gasteiger partial charge in [0.25, 0.3) is 5.91 Å². The molecular weight excluding hydrogens is 370 g/mol. The molecule has 7 heteroatoms. The van der Waals surface area contributed by atoms with Crippen molar-refractivity contribution < 1.29 is 19.1 Å². The number of carbonyl (C=O) groups is 2. The molecule has 3 aromatic rings. The number of amides is 1. The third kappa shape index (κ3) is 3.70. The van der Waals surface area contributed by atoms with Crippen LogP contribution in [0.15, 0.2) is 89.3 Å². The fraction of sp³-hybridized carbons (Fsp3) is 0.0909. The van der Waals surface area contributed by atoms with Gasteiger partial charge in [-0.25, -0.2) is 0 Å². The summed E-state index contributed by atoms with van der Waals surface area (Å²) in [4.78, 5) is 35.4. The van der Waals surface area contributed by atoms with Crippen LogP contribution in [-0.4, -0.2) is 31.7 Å². The molecule has 3 aromatic heterocycles. The van der Waals surface area contributed by atoms with E-state index in [-0.39, 0.29) is 12.1 Å². The second-order valence-corrected chi connectivity index (χ2v) is 6.46. The lowest BCUT2D eigenvalue weighted by molar-refractivity contribution is -0.130. The van der Waals surface area contributed by atoms with Gasteiger partial charge in [0.2, 0.25) is 0 Å². The minimum Gasteiger partial charge on any atom is -0.503 e. The highest BCUT2D eigenvalue weighted by atomic mass is 16.3. The van der Waals surface area contributed by atoms with Crippen LogP contribution >= 0.6 is 0 Å². The fourth-order valence-corrected chi connectivity index (χ4v) is 3.27. The molecule has 0 saturated heterocycles. The number of nitrogens with zero attached hydrogens (tertiary/aromatic N) is 3. The highest BCUT2D eigenvalue weighted by Crippen LogP contribution is 2.38. The van der Waals surface area contributed by atoms with Crippen LogP contribution in [-0.2, 0) is 16.1 Å². The van der Waals surface area contributed by atoms with Gasteiger partial charge in [0, 0.05) is 31.3 Å². The Morgan fingerprint density at radius 3 is 2.59 bits per heavy atom. The van der Waals surface area contributed by atoms with Gasteiger partial charge in [-0.2, -0.15) is 0 Å². The molecule has 144 valence electrons. The lowest BCUT2D eigenvalue weighted by Crippen LogP contribution is -2.30. The molecule has 4 heterocycles. The predicted octanol–water partition coefficient (Wildman–Crippen LogP) is 3.25. The molecule has 1 atom stereocenters. The Balaban J connectivity index is 1.71. The Morgan fingerprint density at radius 1 is 1.14 bits per heavy atom. The first-order chi connectivity index (χ1) is 14.1. The Kier molecular flexibility index (Phi) is 5.03. The van der Waals surface area contributed by atoms with E-state index in [0.717, 1.165) is 5.56 Å². The van der Waals surface area contributed by atoms with E-state index in [1.807, 2.05) is 6.07 Å². The van der Waals surface area contributed by atoms with Crippen molar-refractivity contribution in [2.75, 3.05) is 0 Å². The van der Waals surface area contributed by atoms with Gasteiger partial charge < -0.3 is 14.4 Å². The van der Waals surface area contributed by atoms with Crippen molar-refractivity contribution in [3.8, 4) is 0 Å². The summed E-state index contributed by atoms with van der Waals surface area (Å²) in [6.45, 7) is 0.189. The van der Waals surface area contributed by atoms with E-state index in [0.29, 0.717) is 11.3 Å². The highest BCUT2D eigenvalue weighted by molar-refractivity contribution is 6.14. The van der Waals surface area contributed by atoms with Crippen molar-refractivity contribution in [2.24, 2.45) is 0 Å². The number of allylic oxidation sites excluding steroid dienone is 1. The van der Waals surface area contributed by atoms with Gasteiger partial charge in [0.1, 0.15) is 5.76 Å². The Labute approximate surface area is 166 Å². The summed E-state index contributed by atoms with van der Waals surface area (Å²) in [6, 6.07) is 9.72. The molecule has 29 heavy (non-hydrogen) atoms. The predicted molar refractivity (Wildman–Crippen MR) is 104 cm³/mol. The second kappa shape index (κ2) is 7.93. The van der Waals surface area contributed by atoms with Crippen LogP contribution in [0.25, 0.3) is 6.08 Å². The largest absolute Gasteiger partial charge is 0.503 e. The van der Waals surface area contributed by atoms with Crippen LogP contribution < -0.4 is 0 Å². The van der Waals surface area contributed by atoms with Gasteiger partial charge in [-0.05, 0) is 47.5 Å². The molecule has 1 aliphatic rings. The van der Waals surface area contributed by atoms with Crippen molar-refractivity contribution in [1.29, 1.82) is 0 Å². The smallest absolute Gasteiger partial charge is 0.290 e. The molecule has 1 amide bonds. The molecule has 0 radical (unpaired) electrons. The molecule has 7 nitrogen and oxygen atoms in total. The number of pyridine rings is 2. The van der Waals surface area contributed by atoms with Crippen molar-refractivity contribution >= 4 is 17.8 Å². The molecule has 1 aliphatic heterocycles. The van der Waals surface area contributed by atoms with E-state index in [4.69, 9.17) is 4.42 Å². The van der Waals surface area contributed by atoms with E-state index in [1.54, 1.807) is 55.1 Å². The molecule has 0 aliphatic carbocycles. The molecule has 0 bridgehead atoms. The van der Waals surface area contributed by atoms with Crippen molar-refractivity contribution in [3.05, 3.63) is 102 Å². The van der Waals surface area contributed by atoms with Crippen LogP contribution in [0.4, 0.5) is 0 Å². The third-order valence-corrected chi connectivity index (χ3v) is 4.59. The number of aromatic nitrogens is 2. The summed E-state index contributed by atoms with van der Waals surface area (Å²) in [5.74, 6) is -1.16. The van der Waals surface area contributed by atoms with Crippen LogP contribution in [0.5, 0.6) is 0 Å². The maximum Gasteiger partial charge on any atom is 0.290 e. The lowest BCUT2D eigenvalue weighted by atomic mass is 9.97. The van der Waals surface area contributed by atoms with Crippen LogP contribution in [0.2, 0.25) is 0 Å². The van der Waals surface area contributed by atoms with Gasteiger partial charge in [-0.1, -0.05) is 12.1 Å². The summed E-state index contributed by atoms with van der Waals surface area (Å²) < 4.78 is 5.19. The first kappa shape index (κ1) is 18.4. The molecule has 0 spiro atoms. The van der Waals surface area contributed by atoms with E-state index in [9.17, 15) is 14.7 Å². The average molecular weight is 387 g/mol. The SMILES string of the molecule is O=C(/C=C/c1ccco1)C1=C(O)C(=O)N(Cc2cccnc2)[C@@H]1c1cccnc1. The molecule has 0 saturated carbocycles. The summed E-state index contributed by atoms with van der Waals surface area (Å²) >= 11 is 0. The number of ketones is 1. The highest BCUT2D eigenvalue weighted by Gasteiger charge is 2.43. The maximum atomic E-state index is 12.9. The van der Waals surface area contributed by atoms with Crippen LogP contribution in [0.3, 0.4) is 0 Å². The monoisotopic (exact) mass is 387 g/mol. The van der Waals surface area contributed by atoms with Crippen molar-refractivity contribution in [2.45, 2.75) is 12.6 Å². The van der Waals surface area contributed by atoms with E-state index >= 15 is 0 Å². The van der Waals surface area contributed by atoms with E-state index in [2.05, 4.69) is 9.97 Å². The van der Waals surface area contributed by atoms with E-state index in [1.165, 1.54) is 23.3 Å². The number of furan rings is 1. The number of aliphatic hydroxyl groups is 1. The first-order valence-electron chi connectivity index (χ1n) is 8.94. The minimum absolute atomic E-state index is 0.00898. The van der Waals surface area contributed by atoms with Gasteiger partial charge in [-0.15, -0.1) is 0 Å². The minimum atomic E-state index is -0.759. The Morgan fingerprint density at radius 2 is 1.93 bits per heavy atom. The zero-order chi connectivity index (χ0) is 20.2. The van der Waals surface area contributed by atoms with Gasteiger partial charge in [-0.3, -0.25) is 19.6 Å². The zero-order valence-electron chi connectivity index (χ0n) is 15.3. The number of carbonyl (C=O) groups excluding carboxylic acids is 2. The average Bonchev–Trinajstić information content (AvgIpc) is 3.36. The van der Waals surface area contributed by atoms with Crippen LogP contribution in [0, 0.1) is 0 Å². The maximum absolute atomic E-state index is 12.9. The van der Waals surface area contributed by atoms with Crippen LogP contribution in [0.1, 0.15) is 22.9 Å². The topological polar surface area (TPSA) is 96.5 Å². The van der Waals surface area contributed by atoms with Gasteiger partial charge in [0.15, 0.2) is 11.5 Å². The third-order valence-electron chi connectivity index (χ3n) is 4.59. The van der Waals surface area contributed by atoms with E-state index < -0.39 is 23.5 Å². The number of rotatable bonds is 6. The molecule has 0 unspecified atom stereocenters. The Bertz CT molecular complexity index is 1070. The lowest BCUT2D eigenvalue weighted by Gasteiger charge is -2.26. The quantitative estimate of drug-likeness (QED) is 0.652. The standard InChI is InChI=1S/C22H17N3O4/c26-18(8-7-17-6-3-11-29-17)19-20(16-5-2-10-24-13-16)25(22(28)21(19)27)14-15-4-1-9-23-12-15/h1-13,20,27H,14H2/b8-7+/t20-/m1/s1. The van der Waals surface area contributed by atoms with Gasteiger partial charge >= 0.3 is 0 Å². The molecule has 4 rings (SSSR count). The zero-order valence-corrected chi connectivity index (χ0v) is 15.3. The molecular formula is C22H17N3O4. The second-order valence-electron chi connectivity index (χ2n) is 6.46. The van der Waals surface area contributed by atoms with Crippen molar-refractivity contribution in [3.63, 3.8) is 0 Å². The summed E-state index contributed by atoms with van der Waals surface area (Å²) in [5.41, 5.74) is 1.42. The fourth-order valence-electron chi connectivity index (χ4n) is 3.27. The molecule has 0 fully saturated rings. The van der Waals surface area contributed by atoms with Gasteiger partial charge in [0.05, 0.1) is 17.9 Å². The normalized spacial score (nSPS) is 16.8. The van der Waals surface area contributed by atoms with Crippen molar-refractivity contribution in [1.82, 2.24) is 14.9 Å². The molecule has 1 N–H and O–H groups in total. The number of hydrogen-bond acceptors (Lipinski definition) is 6. The number of aliphatic hydroxyl groups excluding tert-OH is 1. The first-order valence-corrected chi connectivity index (χ1v) is 8.94. The Hall–Kier alpha value is -4.00. The number of hydrogen-bond donors (Lipinski definition) is 1.